The Bertz CT molecular complexity index is 632. The zero-order valence-corrected chi connectivity index (χ0v) is 11.4. The second-order valence-electron chi connectivity index (χ2n) is 4.45. The van der Waals surface area contributed by atoms with E-state index in [0.717, 1.165) is 22.6 Å². The molecule has 102 valence electrons. The molecule has 2 aromatic rings. The first-order chi connectivity index (χ1) is 9.72. The Morgan fingerprint density at radius 3 is 2.85 bits per heavy atom. The highest BCUT2D eigenvalue weighted by atomic mass is 16.5. The number of nitrogens with one attached hydrogen (secondary N) is 1. The van der Waals surface area contributed by atoms with Crippen LogP contribution in [0.15, 0.2) is 42.5 Å². The van der Waals surface area contributed by atoms with Crippen LogP contribution in [0.1, 0.15) is 11.1 Å². The van der Waals surface area contributed by atoms with Crippen LogP contribution in [-0.4, -0.2) is 7.11 Å². The molecule has 2 rings (SSSR count). The number of nitrogens with two attached hydrogens (primary N) is 1. The Morgan fingerprint density at radius 1 is 1.25 bits per heavy atom. The summed E-state index contributed by atoms with van der Waals surface area (Å²) in [6.45, 7) is 0.688. The van der Waals surface area contributed by atoms with Crippen molar-refractivity contribution < 1.29 is 4.74 Å². The first-order valence-corrected chi connectivity index (χ1v) is 6.35. The number of hydrogen-bond acceptors (Lipinski definition) is 4. The van der Waals surface area contributed by atoms with Gasteiger partial charge in [-0.05, 0) is 41.5 Å². The standard InChI is InChI=1S/C16H17N3O/c1-20-15-4-2-3-12(9-15)11-19-14-5-6-16(18)13(10-14)7-8-17/h2-6,9-10,19H,7,11,18H2,1H3. The quantitative estimate of drug-likeness (QED) is 0.817. The molecular weight excluding hydrogens is 250 g/mol. The van der Waals surface area contributed by atoms with E-state index < -0.39 is 0 Å². The van der Waals surface area contributed by atoms with Crippen molar-refractivity contribution in [3.8, 4) is 11.8 Å². The molecule has 4 heteroatoms. The Kier molecular flexibility index (Phi) is 4.46. The van der Waals surface area contributed by atoms with Gasteiger partial charge in [-0.3, -0.25) is 0 Å². The highest BCUT2D eigenvalue weighted by Gasteiger charge is 2.01. The summed E-state index contributed by atoms with van der Waals surface area (Å²) in [5, 5.41) is 12.1. The van der Waals surface area contributed by atoms with Crippen molar-refractivity contribution in [2.75, 3.05) is 18.2 Å². The molecule has 0 radical (unpaired) electrons. The predicted octanol–water partition coefficient (Wildman–Crippen LogP) is 2.96. The van der Waals surface area contributed by atoms with Gasteiger partial charge in [-0.1, -0.05) is 12.1 Å². The maximum atomic E-state index is 8.76. The van der Waals surface area contributed by atoms with Crippen LogP contribution in [-0.2, 0) is 13.0 Å². The summed E-state index contributed by atoms with van der Waals surface area (Å²) in [5.74, 6) is 0.840. The SMILES string of the molecule is COc1cccc(CNc2ccc(N)c(CC#N)c2)c1. The Hall–Kier alpha value is -2.67. The van der Waals surface area contributed by atoms with Gasteiger partial charge in [0, 0.05) is 17.9 Å². The normalized spacial score (nSPS) is 9.80. The molecule has 0 amide bonds. The Labute approximate surface area is 118 Å². The minimum absolute atomic E-state index is 0.320. The van der Waals surface area contributed by atoms with Gasteiger partial charge in [-0.15, -0.1) is 0 Å². The molecular formula is C16H17N3O. The van der Waals surface area contributed by atoms with Crippen molar-refractivity contribution in [3.05, 3.63) is 53.6 Å². The maximum Gasteiger partial charge on any atom is 0.119 e. The van der Waals surface area contributed by atoms with Crippen LogP contribution < -0.4 is 15.8 Å². The van der Waals surface area contributed by atoms with Crippen molar-refractivity contribution in [1.82, 2.24) is 0 Å². The molecule has 0 aliphatic carbocycles. The molecule has 0 aliphatic rings. The van der Waals surface area contributed by atoms with Gasteiger partial charge in [0.15, 0.2) is 0 Å². The average Bonchev–Trinajstić information content (AvgIpc) is 2.48. The third-order valence-electron chi connectivity index (χ3n) is 3.04. The lowest BCUT2D eigenvalue weighted by molar-refractivity contribution is 0.414. The summed E-state index contributed by atoms with van der Waals surface area (Å²) in [7, 11) is 1.65. The van der Waals surface area contributed by atoms with Gasteiger partial charge in [-0.2, -0.15) is 5.26 Å². The van der Waals surface area contributed by atoms with Crippen LogP contribution in [0.2, 0.25) is 0 Å². The lowest BCUT2D eigenvalue weighted by Crippen LogP contribution is -2.01. The Morgan fingerprint density at radius 2 is 2.10 bits per heavy atom. The smallest absolute Gasteiger partial charge is 0.119 e. The summed E-state index contributed by atoms with van der Waals surface area (Å²) in [6, 6.07) is 15.7. The average molecular weight is 267 g/mol. The molecule has 0 fully saturated rings. The van der Waals surface area contributed by atoms with Crippen molar-refractivity contribution in [2.45, 2.75) is 13.0 Å². The molecule has 20 heavy (non-hydrogen) atoms. The monoisotopic (exact) mass is 267 g/mol. The number of benzene rings is 2. The molecule has 0 spiro atoms. The van der Waals surface area contributed by atoms with Gasteiger partial charge in [-0.25, -0.2) is 0 Å². The number of nitriles is 1. The fraction of sp³-hybridized carbons (Fsp3) is 0.188. The number of nitrogen functional groups attached to an aromatic ring is 1. The van der Waals surface area contributed by atoms with Crippen molar-refractivity contribution >= 4 is 11.4 Å². The van der Waals surface area contributed by atoms with Gasteiger partial charge in [0.1, 0.15) is 5.75 Å². The summed E-state index contributed by atoms with van der Waals surface area (Å²) in [4.78, 5) is 0. The van der Waals surface area contributed by atoms with E-state index in [1.165, 1.54) is 0 Å². The molecule has 0 saturated heterocycles. The van der Waals surface area contributed by atoms with E-state index in [0.29, 0.717) is 18.7 Å². The number of methoxy groups -OCH3 is 1. The third-order valence-corrected chi connectivity index (χ3v) is 3.04. The van der Waals surface area contributed by atoms with E-state index in [1.807, 2.05) is 42.5 Å². The number of nitrogens with zero attached hydrogens (tertiary/aromatic N) is 1. The topological polar surface area (TPSA) is 71.1 Å². The zero-order valence-electron chi connectivity index (χ0n) is 11.4. The fourth-order valence-corrected chi connectivity index (χ4v) is 1.94. The lowest BCUT2D eigenvalue weighted by atomic mass is 10.1. The lowest BCUT2D eigenvalue weighted by Gasteiger charge is -2.10. The molecule has 3 N–H and O–H groups in total. The molecule has 0 aromatic heterocycles. The molecule has 0 atom stereocenters. The van der Waals surface area contributed by atoms with Crippen molar-refractivity contribution in [2.24, 2.45) is 0 Å². The van der Waals surface area contributed by atoms with Crippen LogP contribution in [0, 0.1) is 11.3 Å². The minimum Gasteiger partial charge on any atom is -0.497 e. The first-order valence-electron chi connectivity index (χ1n) is 6.35. The van der Waals surface area contributed by atoms with E-state index in [1.54, 1.807) is 7.11 Å². The van der Waals surface area contributed by atoms with Gasteiger partial charge >= 0.3 is 0 Å². The summed E-state index contributed by atoms with van der Waals surface area (Å²) < 4.78 is 5.19. The van der Waals surface area contributed by atoms with E-state index in [4.69, 9.17) is 15.7 Å². The van der Waals surface area contributed by atoms with Gasteiger partial charge in [0.25, 0.3) is 0 Å². The predicted molar refractivity (Wildman–Crippen MR) is 80.5 cm³/mol. The highest BCUT2D eigenvalue weighted by Crippen LogP contribution is 2.19. The van der Waals surface area contributed by atoms with Crippen LogP contribution in [0.25, 0.3) is 0 Å². The Balaban J connectivity index is 2.07. The first kappa shape index (κ1) is 13.8. The fourth-order valence-electron chi connectivity index (χ4n) is 1.94. The van der Waals surface area contributed by atoms with Gasteiger partial charge in [0.2, 0.25) is 0 Å². The highest BCUT2D eigenvalue weighted by molar-refractivity contribution is 5.58. The number of rotatable bonds is 5. The van der Waals surface area contributed by atoms with Crippen LogP contribution in [0.4, 0.5) is 11.4 Å². The molecule has 2 aromatic carbocycles. The van der Waals surface area contributed by atoms with Crippen molar-refractivity contribution in [1.29, 1.82) is 5.26 Å². The second-order valence-corrected chi connectivity index (χ2v) is 4.45. The van der Waals surface area contributed by atoms with Gasteiger partial charge in [0.05, 0.1) is 19.6 Å². The largest absolute Gasteiger partial charge is 0.497 e. The molecule has 4 nitrogen and oxygen atoms in total. The minimum atomic E-state index is 0.320. The summed E-state index contributed by atoms with van der Waals surface area (Å²) >= 11 is 0. The van der Waals surface area contributed by atoms with Gasteiger partial charge < -0.3 is 15.8 Å². The molecule has 0 aliphatic heterocycles. The van der Waals surface area contributed by atoms with E-state index in [9.17, 15) is 0 Å². The van der Waals surface area contributed by atoms with E-state index in [-0.39, 0.29) is 0 Å². The molecule has 0 saturated carbocycles. The van der Waals surface area contributed by atoms with Crippen LogP contribution in [0.5, 0.6) is 5.75 Å². The number of anilines is 2. The number of ether oxygens (including phenoxy) is 1. The maximum absolute atomic E-state index is 8.76. The number of hydrogen-bond donors (Lipinski definition) is 2. The zero-order chi connectivity index (χ0) is 14.4. The third kappa shape index (κ3) is 3.42. The second kappa shape index (κ2) is 6.48. The summed E-state index contributed by atoms with van der Waals surface area (Å²) in [5.41, 5.74) is 9.41. The van der Waals surface area contributed by atoms with Crippen LogP contribution >= 0.6 is 0 Å². The molecule has 0 heterocycles. The van der Waals surface area contributed by atoms with Crippen LogP contribution in [0.3, 0.4) is 0 Å². The molecule has 0 unspecified atom stereocenters. The van der Waals surface area contributed by atoms with E-state index in [2.05, 4.69) is 11.4 Å². The van der Waals surface area contributed by atoms with E-state index >= 15 is 0 Å². The van der Waals surface area contributed by atoms with Crippen molar-refractivity contribution in [3.63, 3.8) is 0 Å². The molecule has 0 bridgehead atoms. The summed E-state index contributed by atoms with van der Waals surface area (Å²) in [6.07, 6.45) is 0.320.